The van der Waals surface area contributed by atoms with E-state index in [1.54, 1.807) is 6.08 Å². The molecule has 3 nitrogen and oxygen atoms in total. The van der Waals surface area contributed by atoms with Crippen molar-refractivity contribution in [1.82, 2.24) is 0 Å². The van der Waals surface area contributed by atoms with Gasteiger partial charge in [0, 0.05) is 30.6 Å². The first-order valence-corrected chi connectivity index (χ1v) is 13.5. The summed E-state index contributed by atoms with van der Waals surface area (Å²) in [5.74, 6) is 2.23. The highest BCUT2D eigenvalue weighted by molar-refractivity contribution is 5.92. The predicted octanol–water partition coefficient (Wildman–Crippen LogP) is 6.74. The van der Waals surface area contributed by atoms with E-state index in [1.807, 2.05) is 13.8 Å². The molecular weight excluding hydrogens is 408 g/mol. The van der Waals surface area contributed by atoms with Crippen molar-refractivity contribution in [1.29, 1.82) is 0 Å². The first kappa shape index (κ1) is 23.5. The van der Waals surface area contributed by atoms with Crippen LogP contribution in [0.4, 0.5) is 0 Å². The van der Waals surface area contributed by atoms with E-state index in [0.717, 1.165) is 31.3 Å². The zero-order valence-corrected chi connectivity index (χ0v) is 22.0. The molecular formula is C30H44O3. The van der Waals surface area contributed by atoms with Gasteiger partial charge in [0.2, 0.25) is 0 Å². The Bertz CT molecular complexity index is 954. The van der Waals surface area contributed by atoms with Crippen LogP contribution in [0.15, 0.2) is 11.6 Å². The van der Waals surface area contributed by atoms with Gasteiger partial charge in [0.25, 0.3) is 0 Å². The number of ketones is 3. The maximum absolute atomic E-state index is 13.6. The van der Waals surface area contributed by atoms with Crippen molar-refractivity contribution in [3.8, 4) is 0 Å². The lowest BCUT2D eigenvalue weighted by Gasteiger charge is -2.62. The van der Waals surface area contributed by atoms with Crippen molar-refractivity contribution in [3.63, 3.8) is 0 Å². The summed E-state index contributed by atoms with van der Waals surface area (Å²) in [5, 5.41) is 0. The van der Waals surface area contributed by atoms with Crippen molar-refractivity contribution < 1.29 is 14.4 Å². The molecule has 8 atom stereocenters. The molecule has 5 rings (SSSR count). The van der Waals surface area contributed by atoms with Gasteiger partial charge in [-0.2, -0.15) is 0 Å². The SMILES string of the molecule is CC(C)=CC(=O)CC(C)C1C(=O)CC2(C)C3CCC4C(C)(C)C(=O)CCC45CC35CCC12C. The molecule has 5 aliphatic rings. The third-order valence-corrected chi connectivity index (χ3v) is 12.2. The Labute approximate surface area is 200 Å². The topological polar surface area (TPSA) is 51.2 Å². The van der Waals surface area contributed by atoms with Gasteiger partial charge in [-0.05, 0) is 97.9 Å². The quantitative estimate of drug-likeness (QED) is 0.444. The smallest absolute Gasteiger partial charge is 0.155 e. The summed E-state index contributed by atoms with van der Waals surface area (Å²) in [6, 6.07) is 0. The minimum absolute atomic E-state index is 0.00818. The summed E-state index contributed by atoms with van der Waals surface area (Å²) in [4.78, 5) is 39.1. The Morgan fingerprint density at radius 2 is 1.61 bits per heavy atom. The van der Waals surface area contributed by atoms with Crippen LogP contribution in [-0.4, -0.2) is 17.3 Å². The zero-order chi connectivity index (χ0) is 24.2. The molecule has 0 heterocycles. The number of fused-ring (bicyclic) bond motifs is 2. The minimum Gasteiger partial charge on any atom is -0.299 e. The van der Waals surface area contributed by atoms with E-state index < -0.39 is 0 Å². The maximum Gasteiger partial charge on any atom is 0.155 e. The largest absolute Gasteiger partial charge is 0.299 e. The van der Waals surface area contributed by atoms with E-state index >= 15 is 0 Å². The van der Waals surface area contributed by atoms with Crippen LogP contribution in [0, 0.1) is 50.7 Å². The van der Waals surface area contributed by atoms with Gasteiger partial charge in [0.1, 0.15) is 11.6 Å². The molecule has 8 unspecified atom stereocenters. The van der Waals surface area contributed by atoms with E-state index in [2.05, 4.69) is 34.6 Å². The molecule has 0 amide bonds. The van der Waals surface area contributed by atoms with E-state index in [0.29, 0.717) is 47.1 Å². The second kappa shape index (κ2) is 6.91. The molecule has 33 heavy (non-hydrogen) atoms. The minimum atomic E-state index is -0.192. The van der Waals surface area contributed by atoms with Gasteiger partial charge in [-0.25, -0.2) is 0 Å². The molecule has 0 N–H and O–H groups in total. The summed E-state index contributed by atoms with van der Waals surface area (Å²) >= 11 is 0. The number of hydrogen-bond acceptors (Lipinski definition) is 3. The molecule has 5 fully saturated rings. The van der Waals surface area contributed by atoms with Crippen LogP contribution >= 0.6 is 0 Å². The van der Waals surface area contributed by atoms with E-state index in [9.17, 15) is 14.4 Å². The monoisotopic (exact) mass is 452 g/mol. The molecule has 0 radical (unpaired) electrons. The second-order valence-electron chi connectivity index (χ2n) is 14.1. The van der Waals surface area contributed by atoms with Crippen LogP contribution in [0.5, 0.6) is 0 Å². The average Bonchev–Trinajstić information content (AvgIpc) is 3.30. The Balaban J connectivity index is 1.46. The molecule has 0 aromatic rings. The van der Waals surface area contributed by atoms with Crippen LogP contribution in [0.1, 0.15) is 106 Å². The van der Waals surface area contributed by atoms with Gasteiger partial charge in [-0.3, -0.25) is 14.4 Å². The fourth-order valence-electron chi connectivity index (χ4n) is 10.8. The fraction of sp³-hybridized carbons (Fsp3) is 0.833. The first-order chi connectivity index (χ1) is 15.3. The summed E-state index contributed by atoms with van der Waals surface area (Å²) in [7, 11) is 0. The van der Waals surface area contributed by atoms with Crippen molar-refractivity contribution in [2.24, 2.45) is 50.7 Å². The maximum atomic E-state index is 13.6. The third-order valence-electron chi connectivity index (χ3n) is 12.2. The lowest BCUT2D eigenvalue weighted by Crippen LogP contribution is -2.57. The molecule has 2 spiro atoms. The Kier molecular flexibility index (Phi) is 4.92. The molecule has 5 aliphatic carbocycles. The van der Waals surface area contributed by atoms with Crippen LogP contribution < -0.4 is 0 Å². The first-order valence-electron chi connectivity index (χ1n) is 13.5. The van der Waals surface area contributed by atoms with Gasteiger partial charge in [-0.1, -0.05) is 40.2 Å². The number of allylic oxidation sites excluding steroid dienone is 2. The third kappa shape index (κ3) is 2.77. The van der Waals surface area contributed by atoms with Crippen LogP contribution in [0.25, 0.3) is 0 Å². The number of rotatable bonds is 4. The van der Waals surface area contributed by atoms with Gasteiger partial charge < -0.3 is 0 Å². The van der Waals surface area contributed by atoms with Crippen molar-refractivity contribution >= 4 is 17.3 Å². The van der Waals surface area contributed by atoms with Crippen molar-refractivity contribution in [2.45, 2.75) is 106 Å². The lowest BCUT2D eigenvalue weighted by molar-refractivity contribution is -0.157. The highest BCUT2D eigenvalue weighted by Crippen LogP contribution is 2.88. The molecule has 5 saturated carbocycles. The molecule has 0 aromatic heterocycles. The normalized spacial score (nSPS) is 48.2. The van der Waals surface area contributed by atoms with Crippen molar-refractivity contribution in [3.05, 3.63) is 11.6 Å². The second-order valence-corrected chi connectivity index (χ2v) is 14.1. The van der Waals surface area contributed by atoms with Crippen molar-refractivity contribution in [2.75, 3.05) is 0 Å². The molecule has 0 aliphatic heterocycles. The molecule has 3 heteroatoms. The molecule has 182 valence electrons. The standard InChI is InChI=1S/C30H44O3/c1-18(2)14-20(31)15-19(3)25-21(32)16-28(7)23-9-8-22-26(4,5)24(33)10-11-29(22)17-30(23,29)13-12-27(25,28)6/h14,19,22-23,25H,8-13,15-17H2,1-7H3. The molecule has 0 aromatic carbocycles. The highest BCUT2D eigenvalue weighted by atomic mass is 16.1. The van der Waals surface area contributed by atoms with E-state index in [4.69, 9.17) is 0 Å². The van der Waals surface area contributed by atoms with Gasteiger partial charge in [-0.15, -0.1) is 0 Å². The Morgan fingerprint density at radius 3 is 2.27 bits per heavy atom. The van der Waals surface area contributed by atoms with Gasteiger partial charge in [0.15, 0.2) is 5.78 Å². The van der Waals surface area contributed by atoms with Crippen LogP contribution in [0.2, 0.25) is 0 Å². The van der Waals surface area contributed by atoms with Gasteiger partial charge in [0.05, 0.1) is 0 Å². The summed E-state index contributed by atoms with van der Waals surface area (Å²) in [5.41, 5.74) is 1.51. The van der Waals surface area contributed by atoms with Gasteiger partial charge >= 0.3 is 0 Å². The number of Topliss-reactive ketones (excluding diaryl/α,β-unsaturated/α-hetero) is 2. The number of carbonyl (C=O) groups is 3. The summed E-state index contributed by atoms with van der Waals surface area (Å²) in [6.07, 6.45) is 10.6. The summed E-state index contributed by atoms with van der Waals surface area (Å²) < 4.78 is 0. The number of carbonyl (C=O) groups excluding carboxylic acids is 3. The van der Waals surface area contributed by atoms with Crippen LogP contribution in [-0.2, 0) is 14.4 Å². The average molecular weight is 453 g/mol. The Hall–Kier alpha value is -1.25. The highest BCUT2D eigenvalue weighted by Gasteiger charge is 2.82. The fourth-order valence-corrected chi connectivity index (χ4v) is 10.8. The van der Waals surface area contributed by atoms with E-state index in [-0.39, 0.29) is 33.9 Å². The zero-order valence-electron chi connectivity index (χ0n) is 22.0. The van der Waals surface area contributed by atoms with E-state index in [1.165, 1.54) is 19.3 Å². The lowest BCUT2D eigenvalue weighted by atomic mass is 9.42. The summed E-state index contributed by atoms with van der Waals surface area (Å²) in [6.45, 7) is 15.3. The number of hydrogen-bond donors (Lipinski definition) is 0. The molecule has 0 bridgehead atoms. The van der Waals surface area contributed by atoms with Crippen LogP contribution in [0.3, 0.4) is 0 Å². The predicted molar refractivity (Wildman–Crippen MR) is 131 cm³/mol. The Morgan fingerprint density at radius 1 is 0.970 bits per heavy atom. The molecule has 0 saturated heterocycles.